The van der Waals surface area contributed by atoms with Crippen molar-refractivity contribution in [2.75, 3.05) is 7.05 Å². The summed E-state index contributed by atoms with van der Waals surface area (Å²) in [4.78, 5) is 4.90. The molecule has 1 fully saturated rings. The molecule has 2 N–H and O–H groups in total. The van der Waals surface area contributed by atoms with Crippen LogP contribution in [0.2, 0.25) is 0 Å². The third kappa shape index (κ3) is 4.64. The molecule has 0 heterocycles. The largest absolute Gasteiger partial charge is 0.508 e. The molecule has 0 aliphatic heterocycles. The van der Waals surface area contributed by atoms with Crippen LogP contribution in [-0.4, -0.2) is 24.0 Å². The van der Waals surface area contributed by atoms with Gasteiger partial charge in [-0.3, -0.25) is 10.3 Å². The van der Waals surface area contributed by atoms with Gasteiger partial charge >= 0.3 is 0 Å². The Hall–Kier alpha value is -2.33. The van der Waals surface area contributed by atoms with E-state index in [-0.39, 0.29) is 11.9 Å². The molecule has 0 amide bonds. The highest BCUT2D eigenvalue weighted by atomic mass is 16.5. The number of phenolic OH excluding ortho intramolecular Hbond substituents is 1. The van der Waals surface area contributed by atoms with Crippen LogP contribution in [0.25, 0.3) is 0 Å². The molecule has 1 unspecified atom stereocenters. The third-order valence-corrected chi connectivity index (χ3v) is 4.89. The van der Waals surface area contributed by atoms with Crippen molar-refractivity contribution >= 4 is 5.71 Å². The Balaban J connectivity index is 1.75. The Labute approximate surface area is 155 Å². The van der Waals surface area contributed by atoms with E-state index < -0.39 is 0 Å². The van der Waals surface area contributed by atoms with Crippen LogP contribution in [0.5, 0.6) is 11.5 Å². The van der Waals surface area contributed by atoms with Crippen LogP contribution in [0.15, 0.2) is 53.5 Å². The van der Waals surface area contributed by atoms with Gasteiger partial charge in [-0.05, 0) is 86.7 Å². The first-order valence-corrected chi connectivity index (χ1v) is 9.49. The summed E-state index contributed by atoms with van der Waals surface area (Å²) >= 11 is 0. The number of nitrogens with one attached hydrogen (secondary N) is 1. The summed E-state index contributed by atoms with van der Waals surface area (Å²) in [6.45, 7) is 2.09. The molecule has 2 aromatic rings. The highest BCUT2D eigenvalue weighted by molar-refractivity contribution is 6.00. The van der Waals surface area contributed by atoms with Crippen molar-refractivity contribution in [2.24, 2.45) is 4.99 Å². The second-order valence-electron chi connectivity index (χ2n) is 6.76. The fraction of sp³-hybridized carbons (Fsp3) is 0.409. The standard InChI is InChI=1S/C22H28N2O2/c1-3-21(16-8-12-18(25)13-9-16)24-22(23-2)17-10-14-20(15-11-17)26-19-6-4-5-7-19/h8-15,19,22-23,25H,3-7H2,1-2H3/b24-21+. The molecule has 0 bridgehead atoms. The zero-order chi connectivity index (χ0) is 18.4. The minimum atomic E-state index is -0.112. The van der Waals surface area contributed by atoms with E-state index in [0.29, 0.717) is 6.10 Å². The first-order valence-electron chi connectivity index (χ1n) is 9.49. The van der Waals surface area contributed by atoms with E-state index in [1.165, 1.54) is 12.8 Å². The molecule has 2 aromatic carbocycles. The number of hydrogen-bond donors (Lipinski definition) is 2. The fourth-order valence-electron chi connectivity index (χ4n) is 3.41. The molecule has 138 valence electrons. The Morgan fingerprint density at radius 2 is 1.77 bits per heavy atom. The van der Waals surface area contributed by atoms with Crippen molar-refractivity contribution in [2.45, 2.75) is 51.3 Å². The number of hydrogen-bond acceptors (Lipinski definition) is 4. The van der Waals surface area contributed by atoms with Gasteiger partial charge in [0.1, 0.15) is 17.7 Å². The fourth-order valence-corrected chi connectivity index (χ4v) is 3.41. The van der Waals surface area contributed by atoms with Crippen LogP contribution < -0.4 is 10.1 Å². The zero-order valence-electron chi connectivity index (χ0n) is 15.6. The molecule has 0 radical (unpaired) electrons. The van der Waals surface area contributed by atoms with Crippen molar-refractivity contribution < 1.29 is 9.84 Å². The second-order valence-corrected chi connectivity index (χ2v) is 6.76. The van der Waals surface area contributed by atoms with Crippen molar-refractivity contribution in [3.8, 4) is 11.5 Å². The number of aliphatic imine (C=N–C) groups is 1. The van der Waals surface area contributed by atoms with Gasteiger partial charge in [-0.15, -0.1) is 0 Å². The molecular formula is C22H28N2O2. The van der Waals surface area contributed by atoms with Gasteiger partial charge in [0.2, 0.25) is 0 Å². The molecule has 0 spiro atoms. The average Bonchev–Trinajstić information content (AvgIpc) is 3.18. The topological polar surface area (TPSA) is 53.9 Å². The van der Waals surface area contributed by atoms with Gasteiger partial charge in [0.05, 0.1) is 6.10 Å². The number of benzene rings is 2. The summed E-state index contributed by atoms with van der Waals surface area (Å²) in [6, 6.07) is 15.5. The van der Waals surface area contributed by atoms with Gasteiger partial charge in [-0.2, -0.15) is 0 Å². The van der Waals surface area contributed by atoms with Gasteiger partial charge < -0.3 is 9.84 Å². The van der Waals surface area contributed by atoms with Gasteiger partial charge in [0.25, 0.3) is 0 Å². The predicted octanol–water partition coefficient (Wildman–Crippen LogP) is 4.83. The smallest absolute Gasteiger partial charge is 0.125 e. The molecule has 1 atom stereocenters. The molecule has 0 aromatic heterocycles. The van der Waals surface area contributed by atoms with E-state index in [9.17, 15) is 5.11 Å². The van der Waals surface area contributed by atoms with E-state index in [0.717, 1.165) is 41.9 Å². The Kier molecular flexibility index (Phi) is 6.29. The minimum Gasteiger partial charge on any atom is -0.508 e. The Morgan fingerprint density at radius 3 is 2.35 bits per heavy atom. The SMILES string of the molecule is CC/C(=N\C(NC)c1ccc(OC2CCCC2)cc1)c1ccc(O)cc1. The minimum absolute atomic E-state index is 0.112. The number of rotatable bonds is 7. The summed E-state index contributed by atoms with van der Waals surface area (Å²) in [5, 5.41) is 12.8. The zero-order valence-corrected chi connectivity index (χ0v) is 15.6. The molecule has 26 heavy (non-hydrogen) atoms. The lowest BCUT2D eigenvalue weighted by molar-refractivity contribution is 0.210. The first kappa shape index (κ1) is 18.5. The molecule has 3 rings (SSSR count). The predicted molar refractivity (Wildman–Crippen MR) is 106 cm³/mol. The number of aromatic hydroxyl groups is 1. The van der Waals surface area contributed by atoms with E-state index in [4.69, 9.17) is 9.73 Å². The quantitative estimate of drug-likeness (QED) is 0.702. The van der Waals surface area contributed by atoms with Crippen molar-refractivity contribution in [1.29, 1.82) is 0 Å². The van der Waals surface area contributed by atoms with Crippen LogP contribution in [0.1, 0.15) is 56.3 Å². The molecule has 0 saturated heterocycles. The molecular weight excluding hydrogens is 324 g/mol. The van der Waals surface area contributed by atoms with E-state index in [2.05, 4.69) is 24.4 Å². The maximum Gasteiger partial charge on any atom is 0.125 e. The van der Waals surface area contributed by atoms with E-state index >= 15 is 0 Å². The monoisotopic (exact) mass is 352 g/mol. The highest BCUT2D eigenvalue weighted by Gasteiger charge is 2.17. The van der Waals surface area contributed by atoms with Crippen LogP contribution in [0, 0.1) is 0 Å². The van der Waals surface area contributed by atoms with Gasteiger partial charge in [0.15, 0.2) is 0 Å². The number of phenols is 1. The maximum atomic E-state index is 9.48. The lowest BCUT2D eigenvalue weighted by Gasteiger charge is -2.17. The van der Waals surface area contributed by atoms with Crippen LogP contribution in [0.3, 0.4) is 0 Å². The molecule has 1 aliphatic carbocycles. The van der Waals surface area contributed by atoms with Crippen LogP contribution >= 0.6 is 0 Å². The number of nitrogens with zero attached hydrogens (tertiary/aromatic N) is 1. The summed E-state index contributed by atoms with van der Waals surface area (Å²) in [7, 11) is 1.92. The Bertz CT molecular complexity index is 717. The van der Waals surface area contributed by atoms with Gasteiger partial charge in [-0.1, -0.05) is 19.1 Å². The molecule has 1 aliphatic rings. The molecule has 4 heteroatoms. The lowest BCUT2D eigenvalue weighted by atomic mass is 10.1. The van der Waals surface area contributed by atoms with Crippen molar-refractivity contribution in [3.63, 3.8) is 0 Å². The Morgan fingerprint density at radius 1 is 1.12 bits per heavy atom. The first-order chi connectivity index (χ1) is 12.7. The normalized spacial score (nSPS) is 16.6. The van der Waals surface area contributed by atoms with Crippen LogP contribution in [-0.2, 0) is 0 Å². The highest BCUT2D eigenvalue weighted by Crippen LogP contribution is 2.26. The third-order valence-electron chi connectivity index (χ3n) is 4.89. The average molecular weight is 352 g/mol. The second kappa shape index (κ2) is 8.86. The van der Waals surface area contributed by atoms with Gasteiger partial charge in [-0.25, -0.2) is 0 Å². The maximum absolute atomic E-state index is 9.48. The van der Waals surface area contributed by atoms with E-state index in [1.54, 1.807) is 12.1 Å². The summed E-state index contributed by atoms with van der Waals surface area (Å²) in [5.74, 6) is 1.21. The summed E-state index contributed by atoms with van der Waals surface area (Å²) in [6.07, 6.45) is 5.97. The summed E-state index contributed by atoms with van der Waals surface area (Å²) < 4.78 is 6.05. The summed E-state index contributed by atoms with van der Waals surface area (Å²) in [5.41, 5.74) is 3.15. The molecule has 1 saturated carbocycles. The lowest BCUT2D eigenvalue weighted by Crippen LogP contribution is -2.17. The molecule has 4 nitrogen and oxygen atoms in total. The van der Waals surface area contributed by atoms with E-state index in [1.807, 2.05) is 31.3 Å². The van der Waals surface area contributed by atoms with Crippen molar-refractivity contribution in [3.05, 3.63) is 59.7 Å². The number of ether oxygens (including phenoxy) is 1. The van der Waals surface area contributed by atoms with Crippen LogP contribution in [0.4, 0.5) is 0 Å². The van der Waals surface area contributed by atoms with Crippen molar-refractivity contribution in [1.82, 2.24) is 5.32 Å². The van der Waals surface area contributed by atoms with Gasteiger partial charge in [0, 0.05) is 5.71 Å².